The average Bonchev–Trinajstić information content (AvgIpc) is 2.79. The number of benzene rings is 1. The fraction of sp³-hybridized carbons (Fsp3) is 0.308. The molecular formula is C13H17FN4O2S. The SMILES string of the molecule is Cc1c(F)cc(N)cc1S(=O)(=O)NCCc1cnn(C)c1. The van der Waals surface area contributed by atoms with Crippen molar-refractivity contribution in [1.29, 1.82) is 0 Å². The van der Waals surface area contributed by atoms with Gasteiger partial charge in [-0.25, -0.2) is 17.5 Å². The molecule has 6 nitrogen and oxygen atoms in total. The number of sulfonamides is 1. The summed E-state index contributed by atoms with van der Waals surface area (Å²) >= 11 is 0. The molecule has 0 aliphatic heterocycles. The molecule has 8 heteroatoms. The Labute approximate surface area is 122 Å². The van der Waals surface area contributed by atoms with Gasteiger partial charge in [0.25, 0.3) is 0 Å². The molecule has 0 atom stereocenters. The zero-order valence-corrected chi connectivity index (χ0v) is 12.6. The maximum absolute atomic E-state index is 13.6. The first kappa shape index (κ1) is 15.5. The largest absolute Gasteiger partial charge is 0.399 e. The predicted molar refractivity (Wildman–Crippen MR) is 77.6 cm³/mol. The number of aromatic nitrogens is 2. The fourth-order valence-corrected chi connectivity index (χ4v) is 3.28. The van der Waals surface area contributed by atoms with Gasteiger partial charge in [-0.3, -0.25) is 4.68 Å². The summed E-state index contributed by atoms with van der Waals surface area (Å²) < 4.78 is 42.1. The van der Waals surface area contributed by atoms with Gasteiger partial charge in [-0.15, -0.1) is 0 Å². The first-order chi connectivity index (χ1) is 9.79. The molecule has 2 rings (SSSR count). The molecule has 0 saturated heterocycles. The summed E-state index contributed by atoms with van der Waals surface area (Å²) in [6, 6.07) is 2.36. The molecule has 114 valence electrons. The molecule has 0 aliphatic carbocycles. The van der Waals surface area contributed by atoms with Crippen LogP contribution in [0.3, 0.4) is 0 Å². The van der Waals surface area contributed by atoms with E-state index in [1.54, 1.807) is 24.1 Å². The lowest BCUT2D eigenvalue weighted by Crippen LogP contribution is -2.27. The molecule has 0 radical (unpaired) electrons. The third-order valence-corrected chi connectivity index (χ3v) is 4.66. The number of halogens is 1. The van der Waals surface area contributed by atoms with Crippen molar-refractivity contribution in [3.8, 4) is 0 Å². The molecule has 0 aliphatic rings. The van der Waals surface area contributed by atoms with Gasteiger partial charge < -0.3 is 5.73 Å². The highest BCUT2D eigenvalue weighted by atomic mass is 32.2. The van der Waals surface area contributed by atoms with Crippen molar-refractivity contribution in [2.75, 3.05) is 12.3 Å². The van der Waals surface area contributed by atoms with Crippen molar-refractivity contribution in [2.45, 2.75) is 18.2 Å². The van der Waals surface area contributed by atoms with Crippen molar-refractivity contribution < 1.29 is 12.8 Å². The molecule has 0 bridgehead atoms. The third kappa shape index (κ3) is 3.59. The minimum atomic E-state index is -3.80. The Balaban J connectivity index is 2.12. The summed E-state index contributed by atoms with van der Waals surface area (Å²) in [5, 5.41) is 4.00. The molecule has 0 amide bonds. The number of hydrogen-bond acceptors (Lipinski definition) is 4. The molecule has 1 aromatic heterocycles. The van der Waals surface area contributed by atoms with Crippen LogP contribution in [0.1, 0.15) is 11.1 Å². The van der Waals surface area contributed by atoms with Crippen molar-refractivity contribution >= 4 is 15.7 Å². The maximum atomic E-state index is 13.6. The monoisotopic (exact) mass is 312 g/mol. The van der Waals surface area contributed by atoms with Crippen LogP contribution in [0.25, 0.3) is 0 Å². The van der Waals surface area contributed by atoms with Crippen LogP contribution in [0.15, 0.2) is 29.4 Å². The average molecular weight is 312 g/mol. The molecule has 3 N–H and O–H groups in total. The zero-order chi connectivity index (χ0) is 15.6. The van der Waals surface area contributed by atoms with E-state index in [1.165, 1.54) is 13.0 Å². The summed E-state index contributed by atoms with van der Waals surface area (Å²) in [7, 11) is -2.01. The first-order valence-corrected chi connectivity index (χ1v) is 7.81. The van der Waals surface area contributed by atoms with Gasteiger partial charge in [0.2, 0.25) is 10.0 Å². The summed E-state index contributed by atoms with van der Waals surface area (Å²) in [6.07, 6.45) is 3.97. The predicted octanol–water partition coefficient (Wildman–Crippen LogP) is 0.971. The van der Waals surface area contributed by atoms with E-state index in [2.05, 4.69) is 9.82 Å². The minimum Gasteiger partial charge on any atom is -0.399 e. The van der Waals surface area contributed by atoms with Gasteiger partial charge in [0.05, 0.1) is 11.1 Å². The quantitative estimate of drug-likeness (QED) is 0.805. The Bertz CT molecular complexity index is 756. The lowest BCUT2D eigenvalue weighted by molar-refractivity contribution is 0.575. The van der Waals surface area contributed by atoms with Crippen molar-refractivity contribution in [3.05, 3.63) is 41.5 Å². The molecule has 1 heterocycles. The standard InChI is InChI=1S/C13H17FN4O2S/c1-9-12(14)5-11(15)6-13(9)21(19,20)17-4-3-10-7-16-18(2)8-10/h5-8,17H,3-4,15H2,1-2H3. The van der Waals surface area contributed by atoms with Gasteiger partial charge in [-0.2, -0.15) is 5.10 Å². The van der Waals surface area contributed by atoms with Gasteiger partial charge in [0.15, 0.2) is 0 Å². The van der Waals surface area contributed by atoms with E-state index >= 15 is 0 Å². The number of aryl methyl sites for hydroxylation is 1. The van der Waals surface area contributed by atoms with Crippen LogP contribution in [0.4, 0.5) is 10.1 Å². The molecule has 0 saturated carbocycles. The third-order valence-electron chi connectivity index (χ3n) is 3.07. The van der Waals surface area contributed by atoms with Crippen LogP contribution >= 0.6 is 0 Å². The van der Waals surface area contributed by atoms with Crippen LogP contribution < -0.4 is 10.5 Å². The topological polar surface area (TPSA) is 90.0 Å². The molecule has 0 fully saturated rings. The highest BCUT2D eigenvalue weighted by molar-refractivity contribution is 7.89. The molecule has 0 spiro atoms. The van der Waals surface area contributed by atoms with Crippen molar-refractivity contribution in [2.24, 2.45) is 7.05 Å². The Morgan fingerprint density at radius 2 is 2.14 bits per heavy atom. The molecule has 1 aromatic carbocycles. The number of nitrogens with one attached hydrogen (secondary N) is 1. The number of hydrogen-bond donors (Lipinski definition) is 2. The van der Waals surface area contributed by atoms with Gasteiger partial charge in [0, 0.05) is 31.0 Å². The van der Waals surface area contributed by atoms with E-state index in [0.29, 0.717) is 6.42 Å². The highest BCUT2D eigenvalue weighted by Crippen LogP contribution is 2.21. The lowest BCUT2D eigenvalue weighted by atomic mass is 10.2. The van der Waals surface area contributed by atoms with E-state index in [9.17, 15) is 12.8 Å². The molecule has 2 aromatic rings. The van der Waals surface area contributed by atoms with Crippen LogP contribution in [0.5, 0.6) is 0 Å². The summed E-state index contributed by atoms with van der Waals surface area (Å²) in [5.41, 5.74) is 6.55. The van der Waals surface area contributed by atoms with Crippen molar-refractivity contribution in [1.82, 2.24) is 14.5 Å². The second kappa shape index (κ2) is 5.82. The number of nitrogens with two attached hydrogens (primary N) is 1. The number of nitrogens with zero attached hydrogens (tertiary/aromatic N) is 2. The van der Waals surface area contributed by atoms with Crippen LogP contribution in [-0.4, -0.2) is 24.7 Å². The van der Waals surface area contributed by atoms with E-state index in [4.69, 9.17) is 5.73 Å². The van der Waals surface area contributed by atoms with Crippen molar-refractivity contribution in [3.63, 3.8) is 0 Å². The highest BCUT2D eigenvalue weighted by Gasteiger charge is 2.19. The van der Waals surface area contributed by atoms with E-state index < -0.39 is 15.8 Å². The Kier molecular flexibility index (Phi) is 4.29. The smallest absolute Gasteiger partial charge is 0.241 e. The lowest BCUT2D eigenvalue weighted by Gasteiger charge is -2.10. The Hall–Kier alpha value is -1.93. The van der Waals surface area contributed by atoms with Gasteiger partial charge >= 0.3 is 0 Å². The molecule has 0 unspecified atom stereocenters. The second-order valence-corrected chi connectivity index (χ2v) is 6.53. The van der Waals surface area contributed by atoms with E-state index in [1.807, 2.05) is 0 Å². The molecular weight excluding hydrogens is 295 g/mol. The maximum Gasteiger partial charge on any atom is 0.241 e. The minimum absolute atomic E-state index is 0.0538. The van der Waals surface area contributed by atoms with Gasteiger partial charge in [0.1, 0.15) is 5.82 Å². The first-order valence-electron chi connectivity index (χ1n) is 6.32. The number of anilines is 1. The molecule has 21 heavy (non-hydrogen) atoms. The van der Waals surface area contributed by atoms with Gasteiger partial charge in [-0.1, -0.05) is 0 Å². The second-order valence-electron chi connectivity index (χ2n) is 4.80. The van der Waals surface area contributed by atoms with Crippen LogP contribution in [0.2, 0.25) is 0 Å². The van der Waals surface area contributed by atoms with E-state index in [0.717, 1.165) is 11.6 Å². The van der Waals surface area contributed by atoms with Gasteiger partial charge in [-0.05, 0) is 31.0 Å². The summed E-state index contributed by atoms with van der Waals surface area (Å²) in [4.78, 5) is -0.133. The zero-order valence-electron chi connectivity index (χ0n) is 11.8. The summed E-state index contributed by atoms with van der Waals surface area (Å²) in [5.74, 6) is -0.636. The number of rotatable bonds is 5. The Morgan fingerprint density at radius 3 is 2.76 bits per heavy atom. The summed E-state index contributed by atoms with van der Waals surface area (Å²) in [6.45, 7) is 1.61. The number of nitrogen functional groups attached to an aromatic ring is 1. The normalized spacial score (nSPS) is 11.8. The fourth-order valence-electron chi connectivity index (χ4n) is 1.96. The van der Waals surface area contributed by atoms with Crippen LogP contribution in [0, 0.1) is 12.7 Å². The van der Waals surface area contributed by atoms with E-state index in [-0.39, 0.29) is 22.7 Å². The Morgan fingerprint density at radius 1 is 1.43 bits per heavy atom. The van der Waals surface area contributed by atoms with Crippen LogP contribution in [-0.2, 0) is 23.5 Å².